The highest BCUT2D eigenvalue weighted by Gasteiger charge is 2.19. The molecule has 0 heterocycles. The molecule has 0 amide bonds. The van der Waals surface area contributed by atoms with Crippen molar-refractivity contribution in [3.8, 4) is 0 Å². The second kappa shape index (κ2) is 6.88. The molecule has 5 heteroatoms. The minimum absolute atomic E-state index is 0.236. The zero-order valence-corrected chi connectivity index (χ0v) is 13.3. The highest BCUT2D eigenvalue weighted by atomic mass is 32.2. The van der Waals surface area contributed by atoms with Crippen molar-refractivity contribution in [3.63, 3.8) is 0 Å². The number of esters is 1. The SMILES string of the molecule is CCCCCc1cc(C)c(C(=O)OC)cc1S(C)(=O)=O. The molecule has 0 saturated heterocycles. The van der Waals surface area contributed by atoms with E-state index in [1.165, 1.54) is 19.4 Å². The first-order chi connectivity index (χ1) is 9.31. The molecule has 0 bridgehead atoms. The molecule has 112 valence electrons. The molecule has 0 fully saturated rings. The summed E-state index contributed by atoms with van der Waals surface area (Å²) in [7, 11) is -2.07. The lowest BCUT2D eigenvalue weighted by atomic mass is 10.0. The first-order valence-electron chi connectivity index (χ1n) is 6.73. The van der Waals surface area contributed by atoms with Crippen LogP contribution >= 0.6 is 0 Å². The minimum Gasteiger partial charge on any atom is -0.465 e. The van der Waals surface area contributed by atoms with Crippen LogP contribution < -0.4 is 0 Å². The normalized spacial score (nSPS) is 11.4. The van der Waals surface area contributed by atoms with Crippen LogP contribution in [-0.2, 0) is 21.0 Å². The van der Waals surface area contributed by atoms with Crippen LogP contribution in [0.15, 0.2) is 17.0 Å². The number of hydrogen-bond acceptors (Lipinski definition) is 4. The van der Waals surface area contributed by atoms with Crippen molar-refractivity contribution in [2.75, 3.05) is 13.4 Å². The highest BCUT2D eigenvalue weighted by Crippen LogP contribution is 2.23. The lowest BCUT2D eigenvalue weighted by molar-refractivity contribution is 0.0599. The summed E-state index contributed by atoms with van der Waals surface area (Å²) in [6.45, 7) is 3.89. The largest absolute Gasteiger partial charge is 0.465 e. The minimum atomic E-state index is -3.36. The van der Waals surface area contributed by atoms with Crippen molar-refractivity contribution in [2.24, 2.45) is 0 Å². The highest BCUT2D eigenvalue weighted by molar-refractivity contribution is 7.90. The maximum atomic E-state index is 11.9. The third-order valence-corrected chi connectivity index (χ3v) is 4.44. The van der Waals surface area contributed by atoms with Crippen molar-refractivity contribution in [2.45, 2.75) is 44.4 Å². The molecule has 0 aromatic heterocycles. The summed E-state index contributed by atoms with van der Waals surface area (Å²) in [5.41, 5.74) is 1.84. The molecule has 0 aliphatic carbocycles. The lowest BCUT2D eigenvalue weighted by Crippen LogP contribution is -2.10. The van der Waals surface area contributed by atoms with Gasteiger partial charge >= 0.3 is 5.97 Å². The number of ether oxygens (including phenoxy) is 1. The maximum Gasteiger partial charge on any atom is 0.338 e. The maximum absolute atomic E-state index is 11.9. The van der Waals surface area contributed by atoms with Crippen molar-refractivity contribution in [1.82, 2.24) is 0 Å². The smallest absolute Gasteiger partial charge is 0.338 e. The summed E-state index contributed by atoms with van der Waals surface area (Å²) in [6, 6.07) is 3.23. The van der Waals surface area contributed by atoms with Crippen LogP contribution in [0.3, 0.4) is 0 Å². The van der Waals surface area contributed by atoms with Crippen LogP contribution in [0, 0.1) is 6.92 Å². The van der Waals surface area contributed by atoms with Gasteiger partial charge in [0.25, 0.3) is 0 Å². The van der Waals surface area contributed by atoms with Crippen molar-refractivity contribution in [1.29, 1.82) is 0 Å². The number of sulfone groups is 1. The molecule has 1 aromatic rings. The molecule has 0 N–H and O–H groups in total. The summed E-state index contributed by atoms with van der Waals surface area (Å²) in [5.74, 6) is -0.507. The average molecular weight is 298 g/mol. The molecule has 0 unspecified atom stereocenters. The Bertz CT molecular complexity index is 588. The predicted octanol–water partition coefficient (Wildman–Crippen LogP) is 2.92. The third kappa shape index (κ3) is 4.07. The van der Waals surface area contributed by atoms with Crippen LogP contribution in [0.5, 0.6) is 0 Å². The molecule has 0 saturated carbocycles. The Kier molecular flexibility index (Phi) is 5.74. The van der Waals surface area contributed by atoms with Gasteiger partial charge in [-0.15, -0.1) is 0 Å². The fraction of sp³-hybridized carbons (Fsp3) is 0.533. The quantitative estimate of drug-likeness (QED) is 0.598. The number of unbranched alkanes of at least 4 members (excludes halogenated alkanes) is 2. The van der Waals surface area contributed by atoms with E-state index in [0.29, 0.717) is 12.0 Å². The van der Waals surface area contributed by atoms with E-state index in [4.69, 9.17) is 0 Å². The Morgan fingerprint density at radius 2 is 1.90 bits per heavy atom. The van der Waals surface area contributed by atoms with Gasteiger partial charge in [0.1, 0.15) is 0 Å². The first-order valence-corrected chi connectivity index (χ1v) is 8.62. The molecular formula is C15H22O4S. The second-order valence-corrected chi connectivity index (χ2v) is 6.98. The van der Waals surface area contributed by atoms with Crippen molar-refractivity contribution in [3.05, 3.63) is 28.8 Å². The van der Waals surface area contributed by atoms with Gasteiger partial charge in [-0.05, 0) is 37.0 Å². The van der Waals surface area contributed by atoms with Crippen molar-refractivity contribution >= 4 is 15.8 Å². The van der Waals surface area contributed by atoms with Gasteiger partial charge in [0, 0.05) is 6.26 Å². The van der Waals surface area contributed by atoms with E-state index in [1.807, 2.05) is 0 Å². The van der Waals surface area contributed by atoms with Gasteiger partial charge in [0.15, 0.2) is 9.84 Å². The predicted molar refractivity (Wildman–Crippen MR) is 78.9 cm³/mol. The Hall–Kier alpha value is -1.36. The van der Waals surface area contributed by atoms with Crippen LogP contribution in [0.4, 0.5) is 0 Å². The molecule has 1 aromatic carbocycles. The Labute approximate surface area is 121 Å². The molecule has 20 heavy (non-hydrogen) atoms. The molecule has 0 aliphatic rings. The van der Waals surface area contributed by atoms with Crippen LogP contribution in [0.1, 0.15) is 47.7 Å². The molecule has 0 atom stereocenters. The number of carbonyl (C=O) groups excluding carboxylic acids is 1. The zero-order valence-electron chi connectivity index (χ0n) is 12.5. The third-order valence-electron chi connectivity index (χ3n) is 3.26. The molecule has 0 spiro atoms. The van der Waals surface area contributed by atoms with Gasteiger partial charge in [0.05, 0.1) is 17.6 Å². The number of aryl methyl sites for hydroxylation is 2. The van der Waals surface area contributed by atoms with Gasteiger partial charge in [-0.2, -0.15) is 0 Å². The molecule has 1 rings (SSSR count). The summed E-state index contributed by atoms with van der Waals surface area (Å²) in [4.78, 5) is 11.9. The fourth-order valence-corrected chi connectivity index (χ4v) is 3.15. The van der Waals surface area contributed by atoms with E-state index >= 15 is 0 Å². The number of carbonyl (C=O) groups is 1. The molecular weight excluding hydrogens is 276 g/mol. The topological polar surface area (TPSA) is 60.4 Å². The van der Waals surface area contributed by atoms with E-state index in [1.54, 1.807) is 13.0 Å². The van der Waals surface area contributed by atoms with E-state index in [0.717, 1.165) is 30.4 Å². The Balaban J connectivity index is 3.30. The number of benzene rings is 1. The van der Waals surface area contributed by atoms with Crippen LogP contribution in [0.2, 0.25) is 0 Å². The van der Waals surface area contributed by atoms with Crippen LogP contribution in [0.25, 0.3) is 0 Å². The van der Waals surface area contributed by atoms with Gasteiger partial charge in [-0.25, -0.2) is 13.2 Å². The van der Waals surface area contributed by atoms with E-state index in [-0.39, 0.29) is 4.90 Å². The Morgan fingerprint density at radius 1 is 1.25 bits per heavy atom. The second-order valence-electron chi connectivity index (χ2n) is 5.00. The van der Waals surface area contributed by atoms with Gasteiger partial charge < -0.3 is 4.74 Å². The number of rotatable bonds is 6. The summed E-state index contributed by atoms with van der Waals surface area (Å²) in [6.07, 6.45) is 4.95. The zero-order chi connectivity index (χ0) is 15.3. The van der Waals surface area contributed by atoms with Gasteiger partial charge in [-0.3, -0.25) is 0 Å². The lowest BCUT2D eigenvalue weighted by Gasteiger charge is -2.12. The summed E-state index contributed by atoms with van der Waals surface area (Å²) >= 11 is 0. The van der Waals surface area contributed by atoms with E-state index in [2.05, 4.69) is 11.7 Å². The Morgan fingerprint density at radius 3 is 2.40 bits per heavy atom. The standard InChI is InChI=1S/C15H22O4S/c1-5-6-7-8-12-9-11(2)13(15(16)19-3)10-14(12)20(4,17)18/h9-10H,5-8H2,1-4H3. The van der Waals surface area contributed by atoms with Gasteiger partial charge in [-0.1, -0.05) is 25.8 Å². The monoisotopic (exact) mass is 298 g/mol. The number of hydrogen-bond donors (Lipinski definition) is 0. The molecule has 0 radical (unpaired) electrons. The molecule has 0 aliphatic heterocycles. The summed E-state index contributed by atoms with van der Waals surface area (Å²) < 4.78 is 28.5. The molecule has 4 nitrogen and oxygen atoms in total. The van der Waals surface area contributed by atoms with E-state index in [9.17, 15) is 13.2 Å². The fourth-order valence-electron chi connectivity index (χ4n) is 2.18. The number of methoxy groups -OCH3 is 1. The van der Waals surface area contributed by atoms with Crippen molar-refractivity contribution < 1.29 is 17.9 Å². The first kappa shape index (κ1) is 16.7. The summed E-state index contributed by atoms with van der Waals surface area (Å²) in [5, 5.41) is 0. The van der Waals surface area contributed by atoms with E-state index < -0.39 is 15.8 Å². The van der Waals surface area contributed by atoms with Gasteiger partial charge in [0.2, 0.25) is 0 Å². The van der Waals surface area contributed by atoms with Crippen LogP contribution in [-0.4, -0.2) is 27.8 Å². The average Bonchev–Trinajstić information content (AvgIpc) is 2.37.